The summed E-state index contributed by atoms with van der Waals surface area (Å²) >= 11 is 13.0. The van der Waals surface area contributed by atoms with Crippen LogP contribution < -0.4 is 9.47 Å². The van der Waals surface area contributed by atoms with E-state index in [9.17, 15) is 4.79 Å². The fourth-order valence-corrected chi connectivity index (χ4v) is 3.42. The molecule has 2 heterocycles. The third kappa shape index (κ3) is 4.24. The number of ether oxygens (including phenoxy) is 2. The van der Waals surface area contributed by atoms with E-state index in [-0.39, 0.29) is 11.2 Å². The van der Waals surface area contributed by atoms with E-state index < -0.39 is 6.09 Å². The highest BCUT2D eigenvalue weighted by molar-refractivity contribution is 7.18. The maximum absolute atomic E-state index is 12.1. The number of aromatic nitrogens is 3. The van der Waals surface area contributed by atoms with Crippen molar-refractivity contribution in [2.24, 2.45) is 0 Å². The van der Waals surface area contributed by atoms with Crippen LogP contribution in [0.3, 0.4) is 0 Å². The molecule has 0 aliphatic heterocycles. The summed E-state index contributed by atoms with van der Waals surface area (Å²) in [5.41, 5.74) is 2.58. The van der Waals surface area contributed by atoms with Gasteiger partial charge in [-0.2, -0.15) is 4.98 Å². The Kier molecular flexibility index (Phi) is 6.12. The molecule has 148 valence electrons. The number of amides is 1. The number of hydrogen-bond acceptors (Lipinski definition) is 6. The van der Waals surface area contributed by atoms with Crippen molar-refractivity contribution in [3.05, 3.63) is 45.1 Å². The second-order valence-corrected chi connectivity index (χ2v) is 7.93. The van der Waals surface area contributed by atoms with Crippen LogP contribution in [-0.4, -0.2) is 39.1 Å². The van der Waals surface area contributed by atoms with Crippen molar-refractivity contribution in [1.29, 1.82) is 0 Å². The van der Waals surface area contributed by atoms with Crippen LogP contribution in [0.5, 0.6) is 17.0 Å². The minimum atomic E-state index is -0.471. The van der Waals surface area contributed by atoms with Crippen molar-refractivity contribution in [2.75, 3.05) is 13.6 Å². The van der Waals surface area contributed by atoms with Gasteiger partial charge in [-0.3, -0.25) is 4.57 Å². The Morgan fingerprint density at radius 3 is 2.68 bits per heavy atom. The number of rotatable bonds is 5. The molecule has 1 aromatic carbocycles. The van der Waals surface area contributed by atoms with Gasteiger partial charge in [0, 0.05) is 26.0 Å². The number of thiazole rings is 1. The summed E-state index contributed by atoms with van der Waals surface area (Å²) in [6.45, 7) is 6.23. The number of imidazole rings is 1. The smallest absolute Gasteiger partial charge is 0.417 e. The molecule has 28 heavy (non-hydrogen) atoms. The van der Waals surface area contributed by atoms with E-state index in [1.165, 1.54) is 4.90 Å². The molecule has 0 aliphatic rings. The Labute approximate surface area is 176 Å². The lowest BCUT2D eigenvalue weighted by molar-refractivity contribution is 0.160. The van der Waals surface area contributed by atoms with Gasteiger partial charge in [-0.05, 0) is 44.0 Å². The first kappa shape index (κ1) is 20.4. The number of aryl methyl sites for hydroxylation is 2. The zero-order valence-electron chi connectivity index (χ0n) is 15.7. The molecule has 1 amide bonds. The lowest BCUT2D eigenvalue weighted by atomic mass is 10.1. The highest BCUT2D eigenvalue weighted by Crippen LogP contribution is 2.37. The van der Waals surface area contributed by atoms with Gasteiger partial charge >= 0.3 is 12.1 Å². The first-order valence-corrected chi connectivity index (χ1v) is 9.95. The Balaban J connectivity index is 1.89. The Bertz CT molecular complexity index is 999. The minimum Gasteiger partial charge on any atom is -0.431 e. The van der Waals surface area contributed by atoms with Crippen molar-refractivity contribution in [2.45, 2.75) is 20.8 Å². The molecule has 0 unspecified atom stereocenters. The fraction of sp³-hybridized carbons (Fsp3) is 0.278. The van der Waals surface area contributed by atoms with E-state index in [1.807, 2.05) is 32.9 Å². The van der Waals surface area contributed by atoms with Crippen molar-refractivity contribution < 1.29 is 14.3 Å². The first-order chi connectivity index (χ1) is 13.3. The maximum atomic E-state index is 12.1. The summed E-state index contributed by atoms with van der Waals surface area (Å²) in [7, 11) is 1.66. The molecule has 10 heteroatoms. The highest BCUT2D eigenvalue weighted by atomic mass is 35.5. The zero-order chi connectivity index (χ0) is 20.4. The molecule has 0 bridgehead atoms. The molecule has 0 saturated carbocycles. The van der Waals surface area contributed by atoms with Gasteiger partial charge in [-0.25, -0.2) is 9.78 Å². The van der Waals surface area contributed by atoms with E-state index in [2.05, 4.69) is 9.97 Å². The van der Waals surface area contributed by atoms with Gasteiger partial charge in [0.1, 0.15) is 10.1 Å². The van der Waals surface area contributed by atoms with Crippen LogP contribution in [0.25, 0.3) is 5.69 Å². The standard InChI is InChI=1S/C18H18Cl2N4O3S/c1-5-23(4)18(25)27-16-21-6-7-24(16)12-8-11(3)13(9-10(12)2)26-17-22-14(19)15(20)28-17/h6-9H,5H2,1-4H3. The van der Waals surface area contributed by atoms with E-state index in [1.54, 1.807) is 24.0 Å². The minimum absolute atomic E-state index is 0.194. The molecular weight excluding hydrogens is 423 g/mol. The molecule has 0 spiro atoms. The van der Waals surface area contributed by atoms with Gasteiger partial charge in [-0.15, -0.1) is 0 Å². The fourth-order valence-electron chi connectivity index (χ4n) is 2.38. The molecule has 0 saturated heterocycles. The summed E-state index contributed by atoms with van der Waals surface area (Å²) in [6, 6.07) is 3.99. The normalized spacial score (nSPS) is 10.8. The number of benzene rings is 1. The molecule has 7 nitrogen and oxygen atoms in total. The van der Waals surface area contributed by atoms with Crippen molar-refractivity contribution in [3.8, 4) is 22.6 Å². The van der Waals surface area contributed by atoms with Crippen LogP contribution in [0.1, 0.15) is 18.1 Å². The number of carbonyl (C=O) groups excluding carboxylic acids is 1. The summed E-state index contributed by atoms with van der Waals surface area (Å²) in [4.78, 5) is 21.7. The van der Waals surface area contributed by atoms with Gasteiger partial charge in [0.05, 0.1) is 5.69 Å². The molecule has 0 radical (unpaired) electrons. The summed E-state index contributed by atoms with van der Waals surface area (Å²) in [5.74, 6) is 0.632. The average molecular weight is 441 g/mol. The van der Waals surface area contributed by atoms with Gasteiger partial charge in [0.2, 0.25) is 0 Å². The van der Waals surface area contributed by atoms with E-state index in [0.717, 1.165) is 28.2 Å². The van der Waals surface area contributed by atoms with E-state index in [0.29, 0.717) is 21.8 Å². The quantitative estimate of drug-likeness (QED) is 0.523. The van der Waals surface area contributed by atoms with Gasteiger partial charge < -0.3 is 14.4 Å². The summed E-state index contributed by atoms with van der Waals surface area (Å²) in [6.07, 6.45) is 2.84. The summed E-state index contributed by atoms with van der Waals surface area (Å²) < 4.78 is 13.3. The van der Waals surface area contributed by atoms with Crippen molar-refractivity contribution in [1.82, 2.24) is 19.4 Å². The van der Waals surface area contributed by atoms with E-state index >= 15 is 0 Å². The van der Waals surface area contributed by atoms with Crippen LogP contribution >= 0.6 is 34.5 Å². The number of halogens is 2. The topological polar surface area (TPSA) is 69.5 Å². The molecular formula is C18H18Cl2N4O3S. The Morgan fingerprint density at radius 1 is 1.29 bits per heavy atom. The second kappa shape index (κ2) is 8.38. The molecule has 0 N–H and O–H groups in total. The number of hydrogen-bond donors (Lipinski definition) is 0. The Hall–Kier alpha value is -2.29. The molecule has 0 aliphatic carbocycles. The third-order valence-electron chi connectivity index (χ3n) is 4.05. The summed E-state index contributed by atoms with van der Waals surface area (Å²) in [5, 5.41) is 0.583. The number of carbonyl (C=O) groups is 1. The van der Waals surface area contributed by atoms with Crippen molar-refractivity contribution >= 4 is 40.6 Å². The van der Waals surface area contributed by atoms with Crippen LogP contribution in [0.15, 0.2) is 24.5 Å². The van der Waals surface area contributed by atoms with Crippen molar-refractivity contribution in [3.63, 3.8) is 0 Å². The average Bonchev–Trinajstić information content (AvgIpc) is 3.23. The SMILES string of the molecule is CCN(C)C(=O)Oc1nccn1-c1cc(C)c(Oc2nc(Cl)c(Cl)s2)cc1C. The van der Waals surface area contributed by atoms with Crippen LogP contribution in [-0.2, 0) is 0 Å². The van der Waals surface area contributed by atoms with Gasteiger partial charge in [-0.1, -0.05) is 34.5 Å². The second-order valence-electron chi connectivity index (χ2n) is 6.01. The van der Waals surface area contributed by atoms with Crippen LogP contribution in [0, 0.1) is 13.8 Å². The monoisotopic (exact) mass is 440 g/mol. The van der Waals surface area contributed by atoms with E-state index in [4.69, 9.17) is 32.7 Å². The number of nitrogens with zero attached hydrogens (tertiary/aromatic N) is 4. The molecule has 3 rings (SSSR count). The third-order valence-corrected chi connectivity index (χ3v) is 5.66. The molecule has 3 aromatic rings. The first-order valence-electron chi connectivity index (χ1n) is 8.37. The van der Waals surface area contributed by atoms with Gasteiger partial charge in [0.15, 0.2) is 5.15 Å². The van der Waals surface area contributed by atoms with Crippen LogP contribution in [0.4, 0.5) is 4.79 Å². The largest absolute Gasteiger partial charge is 0.431 e. The highest BCUT2D eigenvalue weighted by Gasteiger charge is 2.17. The lowest BCUT2D eigenvalue weighted by Crippen LogP contribution is -2.30. The maximum Gasteiger partial charge on any atom is 0.417 e. The lowest BCUT2D eigenvalue weighted by Gasteiger charge is -2.16. The van der Waals surface area contributed by atoms with Crippen LogP contribution in [0.2, 0.25) is 9.49 Å². The molecule has 0 fully saturated rings. The Morgan fingerprint density at radius 2 is 2.04 bits per heavy atom. The molecule has 0 atom stereocenters. The zero-order valence-corrected chi connectivity index (χ0v) is 18.0. The predicted molar refractivity (Wildman–Crippen MR) is 110 cm³/mol. The molecule has 2 aromatic heterocycles. The van der Waals surface area contributed by atoms with Gasteiger partial charge in [0.25, 0.3) is 5.19 Å². The predicted octanol–water partition coefficient (Wildman–Crippen LogP) is 5.50.